The van der Waals surface area contributed by atoms with Crippen molar-refractivity contribution in [1.29, 1.82) is 0 Å². The normalized spacial score (nSPS) is 10.6. The second-order valence-corrected chi connectivity index (χ2v) is 5.78. The molecule has 0 aliphatic rings. The summed E-state index contributed by atoms with van der Waals surface area (Å²) in [6.45, 7) is 6.31. The molecule has 150 valence electrons. The Hall–Kier alpha value is -3.40. The highest BCUT2D eigenvalue weighted by Gasteiger charge is 2.19. The molecule has 1 aromatic carbocycles. The minimum absolute atomic E-state index is 0.0356. The van der Waals surface area contributed by atoms with Gasteiger partial charge >= 0.3 is 5.91 Å². The van der Waals surface area contributed by atoms with Gasteiger partial charge in [0.15, 0.2) is 5.76 Å². The average molecular weight is 390 g/mol. The van der Waals surface area contributed by atoms with Gasteiger partial charge in [0, 0.05) is 12.1 Å². The second kappa shape index (κ2) is 9.51. The molecule has 2 aromatic rings. The van der Waals surface area contributed by atoms with Gasteiger partial charge in [0.25, 0.3) is 11.6 Å². The lowest BCUT2D eigenvalue weighted by Crippen LogP contribution is -2.41. The van der Waals surface area contributed by atoms with Crippen LogP contribution in [-0.4, -0.2) is 41.8 Å². The van der Waals surface area contributed by atoms with Crippen molar-refractivity contribution in [2.24, 2.45) is 0 Å². The Morgan fingerprint density at radius 2 is 1.82 bits per heavy atom. The van der Waals surface area contributed by atoms with E-state index in [2.05, 4.69) is 15.8 Å². The summed E-state index contributed by atoms with van der Waals surface area (Å²) in [6, 6.07) is 6.79. The number of nitrogens with one attached hydrogen (secondary N) is 2. The zero-order valence-corrected chi connectivity index (χ0v) is 15.9. The van der Waals surface area contributed by atoms with Crippen LogP contribution in [0.2, 0.25) is 0 Å². The van der Waals surface area contributed by atoms with E-state index in [4.69, 9.17) is 9.15 Å². The summed E-state index contributed by atoms with van der Waals surface area (Å²) >= 11 is 0. The van der Waals surface area contributed by atoms with Crippen molar-refractivity contribution in [3.8, 4) is 5.75 Å². The molecular formula is C18H22N4O6. The smallest absolute Gasteiger partial charge is 0.305 e. The van der Waals surface area contributed by atoms with E-state index in [0.717, 1.165) is 19.2 Å². The van der Waals surface area contributed by atoms with Gasteiger partial charge in [-0.15, -0.1) is 0 Å². The van der Waals surface area contributed by atoms with Gasteiger partial charge in [-0.25, -0.2) is 0 Å². The predicted octanol–water partition coefficient (Wildman–Crippen LogP) is 2.11. The molecule has 28 heavy (non-hydrogen) atoms. The van der Waals surface area contributed by atoms with Crippen molar-refractivity contribution in [1.82, 2.24) is 15.8 Å². The highest BCUT2D eigenvalue weighted by Crippen LogP contribution is 2.23. The topological polar surface area (TPSA) is 127 Å². The summed E-state index contributed by atoms with van der Waals surface area (Å²) in [5, 5.41) is 10.9. The molecule has 0 atom stereocenters. The number of non-ortho nitro benzene ring substituents is 1. The number of carbonyl (C=O) groups is 2. The first-order valence-electron chi connectivity index (χ1n) is 8.63. The monoisotopic (exact) mass is 390 g/mol. The third kappa shape index (κ3) is 5.07. The number of methoxy groups -OCH3 is 1. The van der Waals surface area contributed by atoms with E-state index >= 15 is 0 Å². The predicted molar refractivity (Wildman–Crippen MR) is 99.9 cm³/mol. The van der Waals surface area contributed by atoms with Crippen molar-refractivity contribution in [2.75, 3.05) is 20.2 Å². The van der Waals surface area contributed by atoms with Crippen LogP contribution in [-0.2, 0) is 6.54 Å². The molecule has 2 N–H and O–H groups in total. The number of hydrazine groups is 1. The Kier molecular flexibility index (Phi) is 7.10. The van der Waals surface area contributed by atoms with Crippen LogP contribution in [0.15, 0.2) is 34.7 Å². The van der Waals surface area contributed by atoms with Gasteiger partial charge in [0.1, 0.15) is 11.5 Å². The van der Waals surface area contributed by atoms with Crippen LogP contribution in [0.4, 0.5) is 5.69 Å². The van der Waals surface area contributed by atoms with Gasteiger partial charge in [0.2, 0.25) is 0 Å². The molecule has 2 amide bonds. The van der Waals surface area contributed by atoms with Crippen LogP contribution < -0.4 is 15.6 Å². The first-order valence-corrected chi connectivity index (χ1v) is 8.63. The van der Waals surface area contributed by atoms with Gasteiger partial charge in [0.05, 0.1) is 24.1 Å². The van der Waals surface area contributed by atoms with Crippen LogP contribution in [0, 0.1) is 10.1 Å². The largest absolute Gasteiger partial charge is 0.496 e. The number of furan rings is 1. The SMILES string of the molecule is CCN(CC)Cc1ccc(C(=O)NNC(=O)c2cc([N+](=O)[O-])ccc2OC)o1. The first kappa shape index (κ1) is 20.9. The van der Waals surface area contributed by atoms with E-state index in [1.165, 1.54) is 25.3 Å². The Morgan fingerprint density at radius 1 is 1.14 bits per heavy atom. The van der Waals surface area contributed by atoms with Crippen LogP contribution in [0.3, 0.4) is 0 Å². The Bertz CT molecular complexity index is 860. The molecule has 2 rings (SSSR count). The van der Waals surface area contributed by atoms with Gasteiger partial charge in [-0.05, 0) is 31.3 Å². The zero-order chi connectivity index (χ0) is 20.7. The summed E-state index contributed by atoms with van der Waals surface area (Å²) in [4.78, 5) is 36.9. The molecule has 0 saturated heterocycles. The van der Waals surface area contributed by atoms with E-state index < -0.39 is 16.7 Å². The first-order chi connectivity index (χ1) is 13.4. The fourth-order valence-corrected chi connectivity index (χ4v) is 2.48. The number of carbonyl (C=O) groups excluding carboxylic acids is 2. The fraction of sp³-hybridized carbons (Fsp3) is 0.333. The molecule has 0 saturated carbocycles. The summed E-state index contributed by atoms with van der Waals surface area (Å²) in [7, 11) is 1.33. The molecule has 0 spiro atoms. The molecule has 10 nitrogen and oxygen atoms in total. The standard InChI is InChI=1S/C18H22N4O6/c1-4-21(5-2)11-13-7-9-16(28-13)18(24)20-19-17(23)14-10-12(22(25)26)6-8-15(14)27-3/h6-10H,4-5,11H2,1-3H3,(H,19,23)(H,20,24). The molecular weight excluding hydrogens is 368 g/mol. The Labute approximate surface area is 161 Å². The van der Waals surface area contributed by atoms with Crippen molar-refractivity contribution in [3.63, 3.8) is 0 Å². The number of rotatable bonds is 8. The number of nitro groups is 1. The molecule has 0 bridgehead atoms. The van der Waals surface area contributed by atoms with Crippen LogP contribution in [0.5, 0.6) is 5.75 Å². The summed E-state index contributed by atoms with van der Waals surface area (Å²) < 4.78 is 10.5. The van der Waals surface area contributed by atoms with Gasteiger partial charge in [-0.2, -0.15) is 0 Å². The summed E-state index contributed by atoms with van der Waals surface area (Å²) in [6.07, 6.45) is 0. The third-order valence-corrected chi connectivity index (χ3v) is 4.09. The number of hydrogen-bond donors (Lipinski definition) is 2. The molecule has 1 heterocycles. The highest BCUT2D eigenvalue weighted by atomic mass is 16.6. The van der Waals surface area contributed by atoms with E-state index in [1.54, 1.807) is 6.07 Å². The molecule has 1 aromatic heterocycles. The lowest BCUT2D eigenvalue weighted by atomic mass is 10.1. The van der Waals surface area contributed by atoms with E-state index in [9.17, 15) is 19.7 Å². The number of nitrogens with zero attached hydrogens (tertiary/aromatic N) is 2. The molecule has 0 aliphatic carbocycles. The molecule has 0 unspecified atom stereocenters. The number of amides is 2. The van der Waals surface area contributed by atoms with Gasteiger partial charge < -0.3 is 9.15 Å². The lowest BCUT2D eigenvalue weighted by molar-refractivity contribution is -0.384. The quantitative estimate of drug-likeness (QED) is 0.522. The maximum absolute atomic E-state index is 12.3. The van der Waals surface area contributed by atoms with E-state index in [1.807, 2.05) is 13.8 Å². The minimum atomic E-state index is -0.760. The molecule has 0 radical (unpaired) electrons. The summed E-state index contributed by atoms with van der Waals surface area (Å²) in [5.41, 5.74) is 4.06. The van der Waals surface area contributed by atoms with E-state index in [-0.39, 0.29) is 22.8 Å². The third-order valence-electron chi connectivity index (χ3n) is 4.09. The van der Waals surface area contributed by atoms with Crippen LogP contribution in [0.1, 0.15) is 40.5 Å². The van der Waals surface area contributed by atoms with Gasteiger partial charge in [-0.1, -0.05) is 13.8 Å². The second-order valence-electron chi connectivity index (χ2n) is 5.78. The molecule has 0 fully saturated rings. The lowest BCUT2D eigenvalue weighted by Gasteiger charge is -2.15. The van der Waals surface area contributed by atoms with E-state index in [0.29, 0.717) is 12.3 Å². The van der Waals surface area contributed by atoms with Crippen molar-refractivity contribution < 1.29 is 23.7 Å². The number of nitro benzene ring substituents is 1. The highest BCUT2D eigenvalue weighted by molar-refractivity contribution is 6.00. The maximum Gasteiger partial charge on any atom is 0.305 e. The van der Waals surface area contributed by atoms with Crippen LogP contribution >= 0.6 is 0 Å². The molecule has 10 heteroatoms. The number of hydrogen-bond acceptors (Lipinski definition) is 7. The average Bonchev–Trinajstić information content (AvgIpc) is 3.17. The van der Waals surface area contributed by atoms with Crippen molar-refractivity contribution in [2.45, 2.75) is 20.4 Å². The summed E-state index contributed by atoms with van der Waals surface area (Å²) in [5.74, 6) is -0.613. The number of ether oxygens (including phenoxy) is 1. The number of benzene rings is 1. The van der Waals surface area contributed by atoms with Gasteiger partial charge in [-0.3, -0.25) is 35.5 Å². The Balaban J connectivity index is 2.03. The van der Waals surface area contributed by atoms with Crippen molar-refractivity contribution >= 4 is 17.5 Å². The molecule has 0 aliphatic heterocycles. The van der Waals surface area contributed by atoms with Crippen LogP contribution in [0.25, 0.3) is 0 Å². The minimum Gasteiger partial charge on any atom is -0.496 e. The Morgan fingerprint density at radius 3 is 2.43 bits per heavy atom. The maximum atomic E-state index is 12.3. The fourth-order valence-electron chi connectivity index (χ4n) is 2.48. The van der Waals surface area contributed by atoms with Crippen molar-refractivity contribution in [3.05, 3.63) is 57.5 Å². The zero-order valence-electron chi connectivity index (χ0n) is 15.9.